The van der Waals surface area contributed by atoms with E-state index in [1.54, 1.807) is 13.1 Å². The molecule has 0 N–H and O–H groups in total. The van der Waals surface area contributed by atoms with Gasteiger partial charge in [-0.15, -0.1) is 0 Å². The number of carbonyl (C=O) groups is 1. The maximum atomic E-state index is 11.4. The van der Waals surface area contributed by atoms with E-state index >= 15 is 0 Å². The van der Waals surface area contributed by atoms with Crippen LogP contribution in [0.5, 0.6) is 0 Å². The molecule has 0 aliphatic heterocycles. The molecule has 3 nitrogen and oxygen atoms in total. The number of likely N-dealkylation sites (N-methyl/N-ethyl adjacent to an activating group) is 1. The van der Waals surface area contributed by atoms with Gasteiger partial charge in [-0.3, -0.25) is 9.63 Å². The number of carbonyl (C=O) groups excluding carboxylic acids is 1. The fourth-order valence-corrected chi connectivity index (χ4v) is 1.26. The lowest BCUT2D eigenvalue weighted by molar-refractivity contribution is -0.162. The van der Waals surface area contributed by atoms with Gasteiger partial charge in [0.05, 0.1) is 7.11 Å². The number of benzene rings is 1. The third-order valence-electron chi connectivity index (χ3n) is 2.20. The molecule has 4 heteroatoms. The summed E-state index contributed by atoms with van der Waals surface area (Å²) in [5, 5.41) is 1.83. The second-order valence-electron chi connectivity index (χ2n) is 3.36. The summed E-state index contributed by atoms with van der Waals surface area (Å²) in [6.07, 6.45) is 3.13. The molecule has 0 saturated heterocycles. The highest BCUT2D eigenvalue weighted by Gasteiger charge is 2.02. The van der Waals surface area contributed by atoms with Crippen LogP contribution in [0, 0.1) is 6.92 Å². The van der Waals surface area contributed by atoms with Crippen LogP contribution in [0.4, 0.5) is 0 Å². The Morgan fingerprint density at radius 2 is 2.19 bits per heavy atom. The Morgan fingerprint density at radius 3 is 2.75 bits per heavy atom. The van der Waals surface area contributed by atoms with Gasteiger partial charge in [0.2, 0.25) is 0 Å². The van der Waals surface area contributed by atoms with E-state index in [2.05, 4.69) is 0 Å². The van der Waals surface area contributed by atoms with Crippen LogP contribution in [0.2, 0.25) is 5.02 Å². The maximum absolute atomic E-state index is 11.4. The van der Waals surface area contributed by atoms with Crippen molar-refractivity contribution in [3.63, 3.8) is 0 Å². The first kappa shape index (κ1) is 12.7. The Labute approximate surface area is 100 Å². The second-order valence-corrected chi connectivity index (χ2v) is 3.77. The molecule has 0 aliphatic carbocycles. The largest absolute Gasteiger partial charge is 0.274 e. The summed E-state index contributed by atoms with van der Waals surface area (Å²) in [5.74, 6) is -0.223. The molecule has 0 atom stereocenters. The minimum absolute atomic E-state index is 0.223. The van der Waals surface area contributed by atoms with Gasteiger partial charge in [0.15, 0.2) is 0 Å². The van der Waals surface area contributed by atoms with Gasteiger partial charge in [-0.25, -0.2) is 5.06 Å². The van der Waals surface area contributed by atoms with E-state index in [1.165, 1.54) is 13.2 Å². The van der Waals surface area contributed by atoms with Crippen molar-refractivity contribution >= 4 is 23.6 Å². The average molecular weight is 240 g/mol. The Bertz CT molecular complexity index is 415. The van der Waals surface area contributed by atoms with Crippen molar-refractivity contribution in [1.29, 1.82) is 0 Å². The van der Waals surface area contributed by atoms with Gasteiger partial charge in [0.1, 0.15) is 0 Å². The smallest absolute Gasteiger partial charge is 0.269 e. The summed E-state index contributed by atoms with van der Waals surface area (Å²) in [7, 11) is 2.99. The number of halogens is 1. The van der Waals surface area contributed by atoms with Gasteiger partial charge < -0.3 is 0 Å². The van der Waals surface area contributed by atoms with Crippen molar-refractivity contribution < 1.29 is 9.63 Å². The maximum Gasteiger partial charge on any atom is 0.269 e. The zero-order valence-electron chi connectivity index (χ0n) is 9.53. The zero-order valence-corrected chi connectivity index (χ0v) is 10.3. The Hall–Kier alpha value is -1.32. The first-order chi connectivity index (χ1) is 7.54. The molecule has 1 aromatic carbocycles. The van der Waals surface area contributed by atoms with Crippen molar-refractivity contribution in [2.24, 2.45) is 0 Å². The summed E-state index contributed by atoms with van der Waals surface area (Å²) in [5.41, 5.74) is 1.90. The van der Waals surface area contributed by atoms with Crippen molar-refractivity contribution in [2.75, 3.05) is 14.2 Å². The minimum atomic E-state index is -0.223. The molecule has 0 fully saturated rings. The van der Waals surface area contributed by atoms with Crippen LogP contribution in [0.1, 0.15) is 11.1 Å². The number of aryl methyl sites for hydroxylation is 1. The van der Waals surface area contributed by atoms with Crippen LogP contribution in [0.3, 0.4) is 0 Å². The summed E-state index contributed by atoms with van der Waals surface area (Å²) in [6, 6.07) is 5.62. The van der Waals surface area contributed by atoms with Crippen LogP contribution in [0.25, 0.3) is 6.08 Å². The Balaban J connectivity index is 2.77. The second kappa shape index (κ2) is 5.68. The van der Waals surface area contributed by atoms with Gasteiger partial charge in [-0.1, -0.05) is 23.7 Å². The number of nitrogens with zero attached hydrogens (tertiary/aromatic N) is 1. The molecule has 1 rings (SSSR count). The van der Waals surface area contributed by atoms with E-state index in [4.69, 9.17) is 16.4 Å². The molecule has 0 saturated carbocycles. The van der Waals surface area contributed by atoms with Crippen molar-refractivity contribution in [2.45, 2.75) is 6.92 Å². The quantitative estimate of drug-likeness (QED) is 0.600. The molecule has 0 bridgehead atoms. The molecule has 0 aliphatic rings. The van der Waals surface area contributed by atoms with Crippen LogP contribution < -0.4 is 0 Å². The van der Waals surface area contributed by atoms with Crippen LogP contribution in [0.15, 0.2) is 24.3 Å². The molecular formula is C12H14ClNO2. The molecule has 0 radical (unpaired) electrons. The van der Waals surface area contributed by atoms with Crippen molar-refractivity contribution in [3.8, 4) is 0 Å². The number of hydrogen-bond donors (Lipinski definition) is 0. The molecule has 0 spiro atoms. The highest BCUT2D eigenvalue weighted by Crippen LogP contribution is 2.17. The van der Waals surface area contributed by atoms with Crippen LogP contribution in [-0.2, 0) is 9.63 Å². The summed E-state index contributed by atoms with van der Waals surface area (Å²) >= 11 is 5.97. The van der Waals surface area contributed by atoms with Gasteiger partial charge in [-0.05, 0) is 30.2 Å². The van der Waals surface area contributed by atoms with Gasteiger partial charge in [0.25, 0.3) is 5.91 Å². The number of amides is 1. The lowest BCUT2D eigenvalue weighted by Gasteiger charge is -2.10. The minimum Gasteiger partial charge on any atom is -0.274 e. The van der Waals surface area contributed by atoms with Crippen LogP contribution >= 0.6 is 11.6 Å². The average Bonchev–Trinajstić information content (AvgIpc) is 2.29. The van der Waals surface area contributed by atoms with E-state index in [0.717, 1.165) is 16.2 Å². The SMILES string of the molecule is CON(C)C(=O)/C=C/c1ccc(C)c(Cl)c1. The molecular weight excluding hydrogens is 226 g/mol. The number of hydroxylamine groups is 2. The highest BCUT2D eigenvalue weighted by atomic mass is 35.5. The highest BCUT2D eigenvalue weighted by molar-refractivity contribution is 6.31. The molecule has 1 amide bonds. The van der Waals surface area contributed by atoms with E-state index in [0.29, 0.717) is 5.02 Å². The van der Waals surface area contributed by atoms with Crippen LogP contribution in [-0.4, -0.2) is 25.1 Å². The van der Waals surface area contributed by atoms with Gasteiger partial charge >= 0.3 is 0 Å². The first-order valence-electron chi connectivity index (χ1n) is 4.80. The Kier molecular flexibility index (Phi) is 4.52. The Morgan fingerprint density at radius 1 is 1.50 bits per heavy atom. The topological polar surface area (TPSA) is 29.5 Å². The third-order valence-corrected chi connectivity index (χ3v) is 2.61. The molecule has 1 aromatic rings. The standard InChI is InChI=1S/C12H14ClNO2/c1-9-4-5-10(8-11(9)13)6-7-12(15)14(2)16-3/h4-8H,1-3H3/b7-6+. The van der Waals surface area contributed by atoms with E-state index in [1.807, 2.05) is 25.1 Å². The fraction of sp³-hybridized carbons (Fsp3) is 0.250. The van der Waals surface area contributed by atoms with Crippen molar-refractivity contribution in [3.05, 3.63) is 40.4 Å². The molecule has 0 heterocycles. The number of rotatable bonds is 3. The van der Waals surface area contributed by atoms with Gasteiger partial charge in [0, 0.05) is 18.1 Å². The third kappa shape index (κ3) is 3.36. The molecule has 86 valence electrons. The summed E-state index contributed by atoms with van der Waals surface area (Å²) in [4.78, 5) is 16.1. The predicted octanol–water partition coefficient (Wildman–Crippen LogP) is 2.68. The summed E-state index contributed by atoms with van der Waals surface area (Å²) < 4.78 is 0. The fourth-order valence-electron chi connectivity index (χ4n) is 1.08. The lowest BCUT2D eigenvalue weighted by atomic mass is 10.1. The van der Waals surface area contributed by atoms with E-state index < -0.39 is 0 Å². The molecule has 0 unspecified atom stereocenters. The van der Waals surface area contributed by atoms with Crippen molar-refractivity contribution in [1.82, 2.24) is 5.06 Å². The molecule has 16 heavy (non-hydrogen) atoms. The van der Waals surface area contributed by atoms with Gasteiger partial charge in [-0.2, -0.15) is 0 Å². The van der Waals surface area contributed by atoms with E-state index in [-0.39, 0.29) is 5.91 Å². The van der Waals surface area contributed by atoms with E-state index in [9.17, 15) is 4.79 Å². The normalized spacial score (nSPS) is 10.8. The first-order valence-corrected chi connectivity index (χ1v) is 5.18. The predicted molar refractivity (Wildman–Crippen MR) is 65.0 cm³/mol. The lowest BCUT2D eigenvalue weighted by Crippen LogP contribution is -2.22. The number of hydrogen-bond acceptors (Lipinski definition) is 2. The molecule has 0 aromatic heterocycles. The zero-order chi connectivity index (χ0) is 12.1. The monoisotopic (exact) mass is 239 g/mol. The summed E-state index contributed by atoms with van der Waals surface area (Å²) in [6.45, 7) is 1.93.